The normalized spacial score (nSPS) is 11.8. The van der Waals surface area contributed by atoms with Gasteiger partial charge in [0.15, 0.2) is 0 Å². The van der Waals surface area contributed by atoms with Gasteiger partial charge in [-0.2, -0.15) is 0 Å². The maximum absolute atomic E-state index is 12.0. The van der Waals surface area contributed by atoms with Gasteiger partial charge in [-0.25, -0.2) is 4.79 Å². The summed E-state index contributed by atoms with van der Waals surface area (Å²) in [6, 6.07) is 9.17. The third kappa shape index (κ3) is 3.57. The highest BCUT2D eigenvalue weighted by molar-refractivity contribution is 9.10. The van der Waals surface area contributed by atoms with E-state index < -0.39 is 0 Å². The first-order valence-electron chi connectivity index (χ1n) is 6.30. The zero-order chi connectivity index (χ0) is 14.5. The summed E-state index contributed by atoms with van der Waals surface area (Å²) < 4.78 is 0.893. The van der Waals surface area contributed by atoms with Crippen molar-refractivity contribution >= 4 is 27.6 Å². The van der Waals surface area contributed by atoms with E-state index >= 15 is 0 Å². The van der Waals surface area contributed by atoms with E-state index in [4.69, 9.17) is 0 Å². The van der Waals surface area contributed by atoms with E-state index in [0.29, 0.717) is 0 Å². The highest BCUT2D eigenvalue weighted by Crippen LogP contribution is 2.25. The maximum atomic E-state index is 12.0. The number of hydrogen-bond donors (Lipinski definition) is 2. The molecule has 1 aromatic heterocycles. The van der Waals surface area contributed by atoms with Crippen molar-refractivity contribution in [2.75, 3.05) is 5.32 Å². The zero-order valence-electron chi connectivity index (χ0n) is 11.4. The quantitative estimate of drug-likeness (QED) is 0.890. The van der Waals surface area contributed by atoms with Crippen LogP contribution in [-0.2, 0) is 0 Å². The van der Waals surface area contributed by atoms with Gasteiger partial charge >= 0.3 is 6.03 Å². The molecule has 0 saturated carbocycles. The summed E-state index contributed by atoms with van der Waals surface area (Å²) in [5.41, 5.74) is 2.79. The first kappa shape index (κ1) is 14.5. The molecule has 0 spiro atoms. The molecule has 5 heteroatoms. The third-order valence-corrected chi connectivity index (χ3v) is 4.02. The van der Waals surface area contributed by atoms with Crippen LogP contribution in [0, 0.1) is 6.92 Å². The minimum atomic E-state index is -0.243. The average molecular weight is 334 g/mol. The lowest BCUT2D eigenvalue weighted by atomic mass is 10.1. The Morgan fingerprint density at radius 2 is 2.10 bits per heavy atom. The first-order valence-corrected chi connectivity index (χ1v) is 7.10. The number of nitrogens with zero attached hydrogens (tertiary/aromatic N) is 1. The molecule has 2 N–H and O–H groups in total. The minimum Gasteiger partial charge on any atom is -0.331 e. The summed E-state index contributed by atoms with van der Waals surface area (Å²) in [6.07, 6.45) is 3.45. The number of carbonyl (C=O) groups excluding carboxylic acids is 1. The molecular formula is C15H16BrN3O. The monoisotopic (exact) mass is 333 g/mol. The Bertz CT molecular complexity index is 601. The van der Waals surface area contributed by atoms with Gasteiger partial charge in [0, 0.05) is 16.9 Å². The van der Waals surface area contributed by atoms with Gasteiger partial charge in [0.1, 0.15) is 0 Å². The third-order valence-electron chi connectivity index (χ3n) is 2.97. The number of anilines is 1. The van der Waals surface area contributed by atoms with Crippen LogP contribution in [0.4, 0.5) is 10.5 Å². The fraction of sp³-hybridized carbons (Fsp3) is 0.200. The van der Waals surface area contributed by atoms with Crippen molar-refractivity contribution in [3.05, 3.63) is 58.3 Å². The van der Waals surface area contributed by atoms with E-state index in [9.17, 15) is 4.79 Å². The van der Waals surface area contributed by atoms with E-state index in [1.807, 2.05) is 44.2 Å². The van der Waals surface area contributed by atoms with Gasteiger partial charge in [-0.1, -0.05) is 18.2 Å². The molecule has 1 unspecified atom stereocenters. The second-order valence-electron chi connectivity index (χ2n) is 4.54. The van der Waals surface area contributed by atoms with Crippen molar-refractivity contribution in [2.45, 2.75) is 19.9 Å². The molecule has 1 aromatic carbocycles. The van der Waals surface area contributed by atoms with Crippen molar-refractivity contribution in [3.8, 4) is 0 Å². The summed E-state index contributed by atoms with van der Waals surface area (Å²) in [5.74, 6) is 0. The van der Waals surface area contributed by atoms with Gasteiger partial charge in [-0.15, -0.1) is 0 Å². The number of pyridine rings is 1. The maximum Gasteiger partial charge on any atom is 0.319 e. The van der Waals surface area contributed by atoms with Crippen LogP contribution in [0.25, 0.3) is 0 Å². The van der Waals surface area contributed by atoms with Crippen molar-refractivity contribution in [1.29, 1.82) is 0 Å². The Morgan fingerprint density at radius 1 is 1.30 bits per heavy atom. The second-order valence-corrected chi connectivity index (χ2v) is 5.34. The molecule has 0 aliphatic rings. The van der Waals surface area contributed by atoms with Crippen molar-refractivity contribution in [1.82, 2.24) is 10.3 Å². The molecule has 20 heavy (non-hydrogen) atoms. The van der Waals surface area contributed by atoms with Crippen LogP contribution in [0.5, 0.6) is 0 Å². The van der Waals surface area contributed by atoms with E-state index in [1.165, 1.54) is 0 Å². The molecular weight excluding hydrogens is 318 g/mol. The fourth-order valence-electron chi connectivity index (χ4n) is 1.81. The molecule has 0 radical (unpaired) electrons. The lowest BCUT2D eigenvalue weighted by Gasteiger charge is -2.15. The van der Waals surface area contributed by atoms with Gasteiger partial charge in [-0.05, 0) is 53.0 Å². The van der Waals surface area contributed by atoms with Crippen LogP contribution in [0.1, 0.15) is 24.1 Å². The van der Waals surface area contributed by atoms with Gasteiger partial charge in [0.25, 0.3) is 0 Å². The van der Waals surface area contributed by atoms with E-state index in [-0.39, 0.29) is 12.1 Å². The van der Waals surface area contributed by atoms with Gasteiger partial charge in [-0.3, -0.25) is 4.98 Å². The Labute approximate surface area is 126 Å². The minimum absolute atomic E-state index is 0.104. The summed E-state index contributed by atoms with van der Waals surface area (Å²) >= 11 is 3.47. The average Bonchev–Trinajstić information content (AvgIpc) is 2.45. The Balaban J connectivity index is 2.01. The predicted octanol–water partition coefficient (Wildman–Crippen LogP) is 4.04. The molecule has 0 aliphatic heterocycles. The van der Waals surface area contributed by atoms with E-state index in [0.717, 1.165) is 21.3 Å². The van der Waals surface area contributed by atoms with Crippen LogP contribution >= 0.6 is 15.9 Å². The summed E-state index contributed by atoms with van der Waals surface area (Å²) in [4.78, 5) is 16.0. The number of nitrogens with one attached hydrogen (secondary N) is 2. The second kappa shape index (κ2) is 6.52. The van der Waals surface area contributed by atoms with Gasteiger partial charge in [0.2, 0.25) is 0 Å². The highest BCUT2D eigenvalue weighted by atomic mass is 79.9. The molecule has 2 amide bonds. The summed E-state index contributed by atoms with van der Waals surface area (Å²) in [7, 11) is 0. The van der Waals surface area contributed by atoms with Crippen LogP contribution < -0.4 is 10.6 Å². The number of hydrogen-bond acceptors (Lipinski definition) is 2. The Kier molecular flexibility index (Phi) is 4.74. The van der Waals surface area contributed by atoms with Crippen LogP contribution in [0.15, 0.2) is 47.2 Å². The predicted molar refractivity (Wildman–Crippen MR) is 83.7 cm³/mol. The van der Waals surface area contributed by atoms with Crippen LogP contribution in [0.3, 0.4) is 0 Å². The molecule has 1 atom stereocenters. The molecule has 0 aliphatic carbocycles. The Morgan fingerprint density at radius 3 is 2.80 bits per heavy atom. The number of amides is 2. The van der Waals surface area contributed by atoms with Crippen molar-refractivity contribution in [2.24, 2.45) is 0 Å². The number of aromatic nitrogens is 1. The number of urea groups is 1. The highest BCUT2D eigenvalue weighted by Gasteiger charge is 2.11. The molecule has 0 fully saturated rings. The van der Waals surface area contributed by atoms with Gasteiger partial charge < -0.3 is 10.6 Å². The van der Waals surface area contributed by atoms with Crippen molar-refractivity contribution in [3.63, 3.8) is 0 Å². The molecule has 0 saturated heterocycles. The standard InChI is InChI=1S/C15H16BrN3O/c1-10-5-3-7-13(14(10)16)19-15(20)18-11(2)12-6-4-8-17-9-12/h3-9,11H,1-2H3,(H2,18,19,20). The topological polar surface area (TPSA) is 54.0 Å². The number of carbonyl (C=O) groups is 1. The SMILES string of the molecule is Cc1cccc(NC(=O)NC(C)c2cccnc2)c1Br. The number of halogens is 1. The number of aryl methyl sites for hydroxylation is 1. The Hall–Kier alpha value is -1.88. The zero-order valence-corrected chi connectivity index (χ0v) is 12.9. The van der Waals surface area contributed by atoms with Gasteiger partial charge in [0.05, 0.1) is 11.7 Å². The van der Waals surface area contributed by atoms with E-state index in [1.54, 1.807) is 12.4 Å². The number of rotatable bonds is 3. The molecule has 4 nitrogen and oxygen atoms in total. The fourth-order valence-corrected chi connectivity index (χ4v) is 2.18. The molecule has 104 valence electrons. The lowest BCUT2D eigenvalue weighted by molar-refractivity contribution is 0.249. The molecule has 1 heterocycles. The molecule has 2 rings (SSSR count). The number of benzene rings is 1. The molecule has 0 bridgehead atoms. The van der Waals surface area contributed by atoms with Crippen molar-refractivity contribution < 1.29 is 4.79 Å². The van der Waals surface area contributed by atoms with Crippen LogP contribution in [0.2, 0.25) is 0 Å². The first-order chi connectivity index (χ1) is 9.58. The summed E-state index contributed by atoms with van der Waals surface area (Å²) in [5, 5.41) is 5.71. The lowest BCUT2D eigenvalue weighted by Crippen LogP contribution is -2.31. The van der Waals surface area contributed by atoms with Crippen LogP contribution in [-0.4, -0.2) is 11.0 Å². The smallest absolute Gasteiger partial charge is 0.319 e. The largest absolute Gasteiger partial charge is 0.331 e. The summed E-state index contributed by atoms with van der Waals surface area (Å²) in [6.45, 7) is 3.90. The molecule has 2 aromatic rings. The van der Waals surface area contributed by atoms with E-state index in [2.05, 4.69) is 31.5 Å².